The highest BCUT2D eigenvalue weighted by molar-refractivity contribution is 5.75. The van der Waals surface area contributed by atoms with Gasteiger partial charge in [0.25, 0.3) is 0 Å². The Hall–Kier alpha value is -1.06. The van der Waals surface area contributed by atoms with Crippen LogP contribution in [0, 0.1) is 46.8 Å². The van der Waals surface area contributed by atoms with E-state index in [0.29, 0.717) is 5.92 Å². The molecule has 4 fully saturated rings. The summed E-state index contributed by atoms with van der Waals surface area (Å²) in [5.74, 6) is 4.41. The van der Waals surface area contributed by atoms with Crippen LogP contribution in [-0.4, -0.2) is 24.2 Å². The number of methoxy groups -OCH3 is 1. The van der Waals surface area contributed by atoms with Crippen molar-refractivity contribution in [3.8, 4) is 0 Å². The summed E-state index contributed by atoms with van der Waals surface area (Å²) in [5.41, 5.74) is -0.311. The number of carboxylic acid groups (broad SMARTS) is 1. The SMILES string of the molecule is CCC(C)(C)C(=O)OC.O=C(O)C1CC2CC1C1C3CCC(C3)C21. The lowest BCUT2D eigenvalue weighted by Crippen LogP contribution is -2.35. The molecule has 0 heterocycles. The summed E-state index contributed by atoms with van der Waals surface area (Å²) in [5, 5.41) is 9.23. The highest BCUT2D eigenvalue weighted by Gasteiger charge is 2.63. The van der Waals surface area contributed by atoms with Crippen LogP contribution < -0.4 is 0 Å². The Morgan fingerprint density at radius 2 is 1.67 bits per heavy atom. The fourth-order valence-corrected chi connectivity index (χ4v) is 6.27. The summed E-state index contributed by atoms with van der Waals surface area (Å²) in [4.78, 5) is 22.0. The first-order chi connectivity index (χ1) is 11.3. The van der Waals surface area contributed by atoms with Crippen molar-refractivity contribution in [1.29, 1.82) is 0 Å². The Kier molecular flexibility index (Phi) is 4.69. The molecule has 4 aliphatic rings. The van der Waals surface area contributed by atoms with Crippen molar-refractivity contribution in [2.24, 2.45) is 46.8 Å². The normalized spacial score (nSPS) is 41.6. The van der Waals surface area contributed by atoms with E-state index in [2.05, 4.69) is 4.74 Å². The standard InChI is InChI=1S/C13H18O2.C7H14O2/c14-13(15)10-5-8-4-9(10)12-7-2-1-6(3-7)11(8)12;1-5-7(2,3)6(8)9-4/h6-12H,1-5H2,(H,14,15);5H2,1-4H3. The number of carboxylic acids is 1. The number of aliphatic carboxylic acids is 1. The van der Waals surface area contributed by atoms with E-state index in [0.717, 1.165) is 42.4 Å². The van der Waals surface area contributed by atoms with E-state index in [4.69, 9.17) is 0 Å². The molecule has 4 bridgehead atoms. The van der Waals surface area contributed by atoms with Crippen LogP contribution in [0.25, 0.3) is 0 Å². The minimum Gasteiger partial charge on any atom is -0.481 e. The highest BCUT2D eigenvalue weighted by atomic mass is 16.5. The summed E-state index contributed by atoms with van der Waals surface area (Å²) in [6.45, 7) is 5.72. The van der Waals surface area contributed by atoms with Gasteiger partial charge in [-0.15, -0.1) is 0 Å². The fraction of sp³-hybridized carbons (Fsp3) is 0.900. The first-order valence-electron chi connectivity index (χ1n) is 9.61. The molecule has 0 aromatic carbocycles. The van der Waals surface area contributed by atoms with Crippen molar-refractivity contribution in [3.05, 3.63) is 0 Å². The minimum atomic E-state index is -0.510. The Labute approximate surface area is 145 Å². The molecule has 0 aromatic rings. The number of esters is 1. The van der Waals surface area contributed by atoms with Crippen molar-refractivity contribution in [3.63, 3.8) is 0 Å². The minimum absolute atomic E-state index is 0.0237. The van der Waals surface area contributed by atoms with Gasteiger partial charge in [-0.1, -0.05) is 6.92 Å². The number of rotatable bonds is 3. The molecule has 0 aliphatic heterocycles. The molecule has 1 N–H and O–H groups in total. The molecule has 4 aliphatic carbocycles. The molecule has 7 atom stereocenters. The second-order valence-electron chi connectivity index (χ2n) is 9.06. The zero-order chi connectivity index (χ0) is 17.6. The Morgan fingerprint density at radius 3 is 2.17 bits per heavy atom. The van der Waals surface area contributed by atoms with Gasteiger partial charge in [0.15, 0.2) is 0 Å². The smallest absolute Gasteiger partial charge is 0.311 e. The number of hydrogen-bond donors (Lipinski definition) is 1. The van der Waals surface area contributed by atoms with Crippen LogP contribution >= 0.6 is 0 Å². The predicted molar refractivity (Wildman–Crippen MR) is 91.2 cm³/mol. The van der Waals surface area contributed by atoms with Gasteiger partial charge in [0.1, 0.15) is 0 Å². The third-order valence-electron chi connectivity index (χ3n) is 7.67. The van der Waals surface area contributed by atoms with Gasteiger partial charge in [0, 0.05) is 0 Å². The zero-order valence-electron chi connectivity index (χ0n) is 15.5. The molecular formula is C20H32O4. The van der Waals surface area contributed by atoms with Crippen LogP contribution in [0.15, 0.2) is 0 Å². The molecule has 4 heteroatoms. The van der Waals surface area contributed by atoms with Crippen LogP contribution in [0.1, 0.15) is 59.3 Å². The quantitative estimate of drug-likeness (QED) is 0.625. The van der Waals surface area contributed by atoms with E-state index in [-0.39, 0.29) is 17.3 Å². The van der Waals surface area contributed by atoms with Gasteiger partial charge < -0.3 is 9.84 Å². The van der Waals surface area contributed by atoms with Crippen LogP contribution in [0.3, 0.4) is 0 Å². The maximum Gasteiger partial charge on any atom is 0.311 e. The molecule has 136 valence electrons. The number of carbonyl (C=O) groups is 2. The van der Waals surface area contributed by atoms with Crippen molar-refractivity contribution < 1.29 is 19.4 Å². The lowest BCUT2D eigenvalue weighted by atomic mass is 9.67. The maximum absolute atomic E-state index is 11.2. The van der Waals surface area contributed by atoms with E-state index in [1.807, 2.05) is 20.8 Å². The molecule has 0 radical (unpaired) electrons. The number of hydrogen-bond acceptors (Lipinski definition) is 3. The van der Waals surface area contributed by atoms with Gasteiger partial charge in [-0.3, -0.25) is 9.59 Å². The van der Waals surface area contributed by atoms with Crippen molar-refractivity contribution in [1.82, 2.24) is 0 Å². The van der Waals surface area contributed by atoms with Crippen LogP contribution in [0.2, 0.25) is 0 Å². The first kappa shape index (κ1) is 17.8. The summed E-state index contributed by atoms with van der Waals surface area (Å²) >= 11 is 0. The largest absolute Gasteiger partial charge is 0.481 e. The van der Waals surface area contributed by atoms with Gasteiger partial charge in [-0.05, 0) is 87.9 Å². The van der Waals surface area contributed by atoms with E-state index in [1.54, 1.807) is 0 Å². The Balaban J connectivity index is 0.000000165. The van der Waals surface area contributed by atoms with Gasteiger partial charge in [0.2, 0.25) is 0 Å². The highest BCUT2D eigenvalue weighted by Crippen LogP contribution is 2.68. The summed E-state index contributed by atoms with van der Waals surface area (Å²) in [6.07, 6.45) is 7.37. The molecule has 0 aromatic heterocycles. The lowest BCUT2D eigenvalue weighted by molar-refractivity contribution is -0.151. The number of ether oxygens (including phenoxy) is 1. The molecule has 4 rings (SSSR count). The summed E-state index contributed by atoms with van der Waals surface area (Å²) in [6, 6.07) is 0. The average molecular weight is 336 g/mol. The Bertz CT molecular complexity index is 512. The van der Waals surface area contributed by atoms with Crippen LogP contribution in [-0.2, 0) is 14.3 Å². The molecule has 4 saturated carbocycles. The molecule has 0 saturated heterocycles. The third-order valence-corrected chi connectivity index (χ3v) is 7.67. The van der Waals surface area contributed by atoms with Gasteiger partial charge in [0.05, 0.1) is 18.4 Å². The fourth-order valence-electron chi connectivity index (χ4n) is 6.27. The van der Waals surface area contributed by atoms with Crippen molar-refractivity contribution in [2.45, 2.75) is 59.3 Å². The molecule has 24 heavy (non-hydrogen) atoms. The third kappa shape index (κ3) is 2.76. The monoisotopic (exact) mass is 336 g/mol. The van der Waals surface area contributed by atoms with E-state index in [9.17, 15) is 14.7 Å². The van der Waals surface area contributed by atoms with Gasteiger partial charge >= 0.3 is 11.9 Å². The second kappa shape index (κ2) is 6.34. The van der Waals surface area contributed by atoms with E-state index in [1.165, 1.54) is 32.8 Å². The van der Waals surface area contributed by atoms with Gasteiger partial charge in [-0.25, -0.2) is 0 Å². The van der Waals surface area contributed by atoms with Crippen LogP contribution in [0.5, 0.6) is 0 Å². The topological polar surface area (TPSA) is 63.6 Å². The van der Waals surface area contributed by atoms with Crippen LogP contribution in [0.4, 0.5) is 0 Å². The molecule has 4 nitrogen and oxygen atoms in total. The van der Waals surface area contributed by atoms with E-state index >= 15 is 0 Å². The van der Waals surface area contributed by atoms with Gasteiger partial charge in [-0.2, -0.15) is 0 Å². The molecule has 0 spiro atoms. The summed E-state index contributed by atoms with van der Waals surface area (Å²) < 4.78 is 4.57. The van der Waals surface area contributed by atoms with Crippen molar-refractivity contribution >= 4 is 11.9 Å². The number of carbonyl (C=O) groups excluding carboxylic acids is 1. The molecule has 0 amide bonds. The molecule has 7 unspecified atom stereocenters. The van der Waals surface area contributed by atoms with E-state index < -0.39 is 5.97 Å². The lowest BCUT2D eigenvalue weighted by Gasteiger charge is -2.37. The first-order valence-corrected chi connectivity index (χ1v) is 9.61. The number of fused-ring (bicyclic) bond motifs is 9. The second-order valence-corrected chi connectivity index (χ2v) is 9.06. The predicted octanol–water partition coefficient (Wildman–Crippen LogP) is 3.98. The van der Waals surface area contributed by atoms with Crippen molar-refractivity contribution in [2.75, 3.05) is 7.11 Å². The average Bonchev–Trinajstić information content (AvgIpc) is 3.31. The summed E-state index contributed by atoms with van der Waals surface area (Å²) in [7, 11) is 1.42. The molecular weight excluding hydrogens is 304 g/mol. The maximum atomic E-state index is 11.2. The zero-order valence-corrected chi connectivity index (χ0v) is 15.5. The Morgan fingerprint density at radius 1 is 1.04 bits per heavy atom.